The van der Waals surface area contributed by atoms with E-state index >= 15 is 0 Å². The van der Waals surface area contributed by atoms with Gasteiger partial charge in [-0.3, -0.25) is 4.79 Å². The minimum absolute atomic E-state index is 0.200. The second kappa shape index (κ2) is 3.57. The van der Waals surface area contributed by atoms with Gasteiger partial charge in [0.25, 0.3) is 5.91 Å². The molecular formula is C13H11N3O2. The Morgan fingerprint density at radius 2 is 2.11 bits per heavy atom. The van der Waals surface area contributed by atoms with Gasteiger partial charge in [-0.05, 0) is 37.5 Å². The van der Waals surface area contributed by atoms with E-state index in [1.54, 1.807) is 24.3 Å². The third-order valence-corrected chi connectivity index (χ3v) is 3.60. The number of hydrogen-bond donors (Lipinski definition) is 1. The molecule has 3 rings (SSSR count). The quantitative estimate of drug-likeness (QED) is 0.758. The minimum atomic E-state index is -0.681. The van der Waals surface area contributed by atoms with Gasteiger partial charge in [0.15, 0.2) is 0 Å². The summed E-state index contributed by atoms with van der Waals surface area (Å²) >= 11 is 0. The van der Waals surface area contributed by atoms with Crippen LogP contribution in [0.2, 0.25) is 0 Å². The molecule has 0 aromatic heterocycles. The van der Waals surface area contributed by atoms with Gasteiger partial charge < -0.3 is 5.32 Å². The zero-order valence-electron chi connectivity index (χ0n) is 9.64. The first kappa shape index (κ1) is 10.8. The van der Waals surface area contributed by atoms with Gasteiger partial charge >= 0.3 is 6.03 Å². The zero-order chi connectivity index (χ0) is 12.8. The predicted molar refractivity (Wildman–Crippen MR) is 63.8 cm³/mol. The minimum Gasteiger partial charge on any atom is -0.323 e. The molecular weight excluding hydrogens is 230 g/mol. The number of amides is 3. The third-order valence-electron chi connectivity index (χ3n) is 3.60. The van der Waals surface area contributed by atoms with E-state index in [2.05, 4.69) is 5.32 Å². The fraction of sp³-hybridized carbons (Fsp3) is 0.308. The van der Waals surface area contributed by atoms with E-state index in [1.165, 1.54) is 0 Å². The summed E-state index contributed by atoms with van der Waals surface area (Å²) in [6, 6.07) is 8.13. The molecule has 1 aromatic carbocycles. The summed E-state index contributed by atoms with van der Waals surface area (Å²) in [5, 5.41) is 11.6. The standard InChI is InChI=1S/C13H11N3O2/c14-8-9-3-1-4-10(7-9)16-11(17)13(5-2-6-13)15-12(16)18/h1,3-4,7H,2,5-6H2,(H,15,18). The molecule has 1 saturated heterocycles. The molecule has 0 atom stereocenters. The molecule has 5 nitrogen and oxygen atoms in total. The van der Waals surface area contributed by atoms with Crippen LogP contribution >= 0.6 is 0 Å². The van der Waals surface area contributed by atoms with E-state index in [1.807, 2.05) is 6.07 Å². The van der Waals surface area contributed by atoms with Gasteiger partial charge in [-0.2, -0.15) is 5.26 Å². The lowest BCUT2D eigenvalue weighted by Crippen LogP contribution is -2.52. The van der Waals surface area contributed by atoms with Gasteiger partial charge in [0.05, 0.1) is 17.3 Å². The second-order valence-electron chi connectivity index (χ2n) is 4.67. The van der Waals surface area contributed by atoms with Gasteiger partial charge in [0.1, 0.15) is 5.54 Å². The highest BCUT2D eigenvalue weighted by molar-refractivity contribution is 6.23. The fourth-order valence-electron chi connectivity index (χ4n) is 2.44. The van der Waals surface area contributed by atoms with Gasteiger partial charge in [0.2, 0.25) is 0 Å². The maximum Gasteiger partial charge on any atom is 0.329 e. The number of carbonyl (C=O) groups excluding carboxylic acids is 2. The van der Waals surface area contributed by atoms with Gasteiger partial charge in [-0.25, -0.2) is 9.69 Å². The van der Waals surface area contributed by atoms with E-state index in [0.717, 1.165) is 11.3 Å². The van der Waals surface area contributed by atoms with Crippen molar-refractivity contribution >= 4 is 17.6 Å². The number of nitrogens with zero attached hydrogens (tertiary/aromatic N) is 2. The van der Waals surface area contributed by atoms with Crippen LogP contribution in [0.4, 0.5) is 10.5 Å². The average Bonchev–Trinajstić information content (AvgIpc) is 2.61. The Labute approximate surface area is 104 Å². The highest BCUT2D eigenvalue weighted by atomic mass is 16.2. The summed E-state index contributed by atoms with van der Waals surface area (Å²) in [5.41, 5.74) is 0.211. The number of imide groups is 1. The molecule has 2 fully saturated rings. The lowest BCUT2D eigenvalue weighted by atomic mass is 9.77. The van der Waals surface area contributed by atoms with Crippen molar-refractivity contribution in [2.24, 2.45) is 0 Å². The first-order valence-corrected chi connectivity index (χ1v) is 5.83. The highest BCUT2D eigenvalue weighted by Gasteiger charge is 2.55. The Hall–Kier alpha value is -2.35. The van der Waals surface area contributed by atoms with E-state index in [9.17, 15) is 9.59 Å². The summed E-state index contributed by atoms with van der Waals surface area (Å²) in [6.07, 6.45) is 2.36. The number of urea groups is 1. The largest absolute Gasteiger partial charge is 0.329 e. The normalized spacial score (nSPS) is 20.5. The molecule has 1 saturated carbocycles. The number of nitriles is 1. The van der Waals surface area contributed by atoms with Gasteiger partial charge in [0, 0.05) is 0 Å². The number of carbonyl (C=O) groups is 2. The third kappa shape index (κ3) is 1.32. The second-order valence-corrected chi connectivity index (χ2v) is 4.67. The molecule has 5 heteroatoms. The first-order valence-electron chi connectivity index (χ1n) is 5.83. The van der Waals surface area contributed by atoms with Gasteiger partial charge in [-0.15, -0.1) is 0 Å². The van der Waals surface area contributed by atoms with Crippen LogP contribution in [-0.2, 0) is 4.79 Å². The summed E-state index contributed by atoms with van der Waals surface area (Å²) in [4.78, 5) is 25.3. The molecule has 1 aromatic rings. The van der Waals surface area contributed by atoms with Crippen molar-refractivity contribution in [1.29, 1.82) is 5.26 Å². The van der Waals surface area contributed by atoms with E-state index in [-0.39, 0.29) is 5.91 Å². The Bertz CT molecular complexity index is 584. The Kier molecular flexibility index (Phi) is 2.14. The Morgan fingerprint density at radius 3 is 2.67 bits per heavy atom. The lowest BCUT2D eigenvalue weighted by molar-refractivity contribution is -0.124. The summed E-state index contributed by atoms with van der Waals surface area (Å²) in [7, 11) is 0. The van der Waals surface area contributed by atoms with Crippen LogP contribution in [0.15, 0.2) is 24.3 Å². The van der Waals surface area contributed by atoms with Crippen LogP contribution in [0.5, 0.6) is 0 Å². The molecule has 1 heterocycles. The number of nitrogens with one attached hydrogen (secondary N) is 1. The van der Waals surface area contributed by atoms with Crippen molar-refractivity contribution < 1.29 is 9.59 Å². The van der Waals surface area contributed by atoms with Crippen molar-refractivity contribution in [1.82, 2.24) is 5.32 Å². The smallest absolute Gasteiger partial charge is 0.323 e. The van der Waals surface area contributed by atoms with Crippen LogP contribution in [0.3, 0.4) is 0 Å². The molecule has 1 aliphatic heterocycles. The molecule has 1 N–H and O–H groups in total. The van der Waals surface area contributed by atoms with E-state index in [4.69, 9.17) is 5.26 Å². The van der Waals surface area contributed by atoms with Crippen LogP contribution in [0.1, 0.15) is 24.8 Å². The predicted octanol–water partition coefficient (Wildman–Crippen LogP) is 1.54. The van der Waals surface area contributed by atoms with E-state index in [0.29, 0.717) is 24.1 Å². The Balaban J connectivity index is 1.99. The molecule has 3 amide bonds. The highest BCUT2D eigenvalue weighted by Crippen LogP contribution is 2.38. The van der Waals surface area contributed by atoms with E-state index < -0.39 is 11.6 Å². The molecule has 18 heavy (non-hydrogen) atoms. The monoisotopic (exact) mass is 241 g/mol. The average molecular weight is 241 g/mol. The summed E-state index contributed by atoms with van der Waals surface area (Å²) in [6.45, 7) is 0. The first-order chi connectivity index (χ1) is 8.66. The van der Waals surface area contributed by atoms with Crippen molar-refractivity contribution in [3.8, 4) is 6.07 Å². The van der Waals surface area contributed by atoms with Gasteiger partial charge in [-0.1, -0.05) is 6.07 Å². The molecule has 0 unspecified atom stereocenters. The van der Waals surface area contributed by atoms with Crippen LogP contribution < -0.4 is 10.2 Å². The van der Waals surface area contributed by atoms with Crippen LogP contribution in [0, 0.1) is 11.3 Å². The molecule has 1 aliphatic carbocycles. The number of benzene rings is 1. The Morgan fingerprint density at radius 1 is 1.33 bits per heavy atom. The number of rotatable bonds is 1. The molecule has 1 spiro atoms. The topological polar surface area (TPSA) is 73.2 Å². The van der Waals surface area contributed by atoms with Crippen molar-refractivity contribution in [2.45, 2.75) is 24.8 Å². The maximum absolute atomic E-state index is 12.3. The van der Waals surface area contributed by atoms with Crippen molar-refractivity contribution in [2.75, 3.05) is 4.90 Å². The molecule has 2 aliphatic rings. The molecule has 90 valence electrons. The fourth-order valence-corrected chi connectivity index (χ4v) is 2.44. The zero-order valence-corrected chi connectivity index (χ0v) is 9.64. The van der Waals surface area contributed by atoms with Crippen molar-refractivity contribution in [3.63, 3.8) is 0 Å². The summed E-state index contributed by atoms with van der Waals surface area (Å²) < 4.78 is 0. The number of anilines is 1. The molecule has 0 radical (unpaired) electrons. The molecule has 0 bridgehead atoms. The SMILES string of the molecule is N#Cc1cccc(N2C(=O)NC3(CCC3)C2=O)c1. The number of hydrogen-bond acceptors (Lipinski definition) is 3. The van der Waals surface area contributed by atoms with Crippen LogP contribution in [0.25, 0.3) is 0 Å². The van der Waals surface area contributed by atoms with Crippen LogP contribution in [-0.4, -0.2) is 17.5 Å². The maximum atomic E-state index is 12.3. The summed E-state index contributed by atoms with van der Waals surface area (Å²) in [5.74, 6) is -0.200. The lowest BCUT2D eigenvalue weighted by Gasteiger charge is -2.34. The van der Waals surface area contributed by atoms with Crippen molar-refractivity contribution in [3.05, 3.63) is 29.8 Å².